The lowest BCUT2D eigenvalue weighted by Crippen LogP contribution is -2.34. The fraction of sp³-hybridized carbons (Fsp3) is 0.733. The Morgan fingerprint density at radius 2 is 2.06 bits per heavy atom. The second-order valence-corrected chi connectivity index (χ2v) is 8.19. The van der Waals surface area contributed by atoms with Gasteiger partial charge in [-0.25, -0.2) is 0 Å². The molecule has 1 saturated carbocycles. The van der Waals surface area contributed by atoms with Crippen LogP contribution >= 0.6 is 27.3 Å². The van der Waals surface area contributed by atoms with Crippen molar-refractivity contribution >= 4 is 27.3 Å². The van der Waals surface area contributed by atoms with E-state index in [1.54, 1.807) is 0 Å². The van der Waals surface area contributed by atoms with Crippen LogP contribution in [0, 0.1) is 11.8 Å². The zero-order valence-electron chi connectivity index (χ0n) is 11.2. The van der Waals surface area contributed by atoms with Gasteiger partial charge in [0.15, 0.2) is 0 Å². The minimum absolute atomic E-state index is 0.359. The van der Waals surface area contributed by atoms with Crippen LogP contribution < -0.4 is 5.73 Å². The molecule has 1 aliphatic carbocycles. The molecule has 0 spiro atoms. The van der Waals surface area contributed by atoms with Gasteiger partial charge in [0, 0.05) is 10.9 Å². The molecule has 1 atom stereocenters. The monoisotopic (exact) mass is 329 g/mol. The molecule has 1 nitrogen and oxygen atoms in total. The maximum atomic E-state index is 6.40. The van der Waals surface area contributed by atoms with E-state index in [4.69, 9.17) is 5.73 Å². The number of hydrogen-bond donors (Lipinski definition) is 1. The molecule has 1 fully saturated rings. The van der Waals surface area contributed by atoms with Gasteiger partial charge in [-0.3, -0.25) is 0 Å². The van der Waals surface area contributed by atoms with Gasteiger partial charge in [-0.2, -0.15) is 0 Å². The molecule has 0 bridgehead atoms. The molecule has 0 aliphatic heterocycles. The summed E-state index contributed by atoms with van der Waals surface area (Å²) >= 11 is 5.35. The van der Waals surface area contributed by atoms with Gasteiger partial charge >= 0.3 is 0 Å². The van der Waals surface area contributed by atoms with Crippen LogP contribution in [-0.4, -0.2) is 6.04 Å². The number of halogens is 1. The lowest BCUT2D eigenvalue weighted by atomic mass is 9.76. The highest BCUT2D eigenvalue weighted by Crippen LogP contribution is 2.34. The molecule has 1 aromatic heterocycles. The molecular formula is C15H24BrNS. The predicted octanol–water partition coefficient (Wildman–Crippen LogP) is 4.99. The molecule has 0 amide bonds. The third-order valence-corrected chi connectivity index (χ3v) is 5.91. The standard InChI is InChI=1S/C15H24BrNS/c1-2-3-11-4-6-12(7-5-11)14(17)10-13-8-9-15(16)18-13/h8-9,11-12,14H,2-7,10,17H2,1H3. The van der Waals surface area contributed by atoms with Crippen molar-refractivity contribution in [3.05, 3.63) is 20.8 Å². The molecule has 1 aliphatic rings. The fourth-order valence-corrected chi connectivity index (χ4v) is 4.73. The van der Waals surface area contributed by atoms with Crippen molar-refractivity contribution in [2.75, 3.05) is 0 Å². The summed E-state index contributed by atoms with van der Waals surface area (Å²) in [6.07, 6.45) is 9.31. The molecule has 1 heterocycles. The van der Waals surface area contributed by atoms with E-state index < -0.39 is 0 Å². The average molecular weight is 330 g/mol. The van der Waals surface area contributed by atoms with Crippen LogP contribution in [0.2, 0.25) is 0 Å². The van der Waals surface area contributed by atoms with Crippen molar-refractivity contribution in [2.45, 2.75) is 57.9 Å². The molecule has 3 heteroatoms. The van der Waals surface area contributed by atoms with Crippen LogP contribution in [0.25, 0.3) is 0 Å². The average Bonchev–Trinajstić information content (AvgIpc) is 2.76. The minimum atomic E-state index is 0.359. The van der Waals surface area contributed by atoms with E-state index in [2.05, 4.69) is 35.0 Å². The third kappa shape index (κ3) is 4.07. The van der Waals surface area contributed by atoms with Crippen molar-refractivity contribution in [3.63, 3.8) is 0 Å². The summed E-state index contributed by atoms with van der Waals surface area (Å²) < 4.78 is 1.22. The first kappa shape index (κ1) is 14.5. The van der Waals surface area contributed by atoms with Crippen LogP contribution in [-0.2, 0) is 6.42 Å². The second-order valence-electron chi connectivity index (χ2n) is 5.64. The topological polar surface area (TPSA) is 26.0 Å². The Labute approximate surface area is 123 Å². The maximum Gasteiger partial charge on any atom is 0.0701 e. The summed E-state index contributed by atoms with van der Waals surface area (Å²) in [5.74, 6) is 1.73. The SMILES string of the molecule is CCCC1CCC(C(N)Cc2ccc(Br)s2)CC1. The van der Waals surface area contributed by atoms with Gasteiger partial charge in [0.05, 0.1) is 3.79 Å². The summed E-state index contributed by atoms with van der Waals surface area (Å²) in [5.41, 5.74) is 6.40. The highest BCUT2D eigenvalue weighted by atomic mass is 79.9. The Bertz CT molecular complexity index is 355. The van der Waals surface area contributed by atoms with E-state index in [-0.39, 0.29) is 0 Å². The highest BCUT2D eigenvalue weighted by molar-refractivity contribution is 9.11. The van der Waals surface area contributed by atoms with Crippen molar-refractivity contribution in [2.24, 2.45) is 17.6 Å². The number of nitrogens with two attached hydrogens (primary N) is 1. The van der Waals surface area contributed by atoms with Crippen molar-refractivity contribution in [1.29, 1.82) is 0 Å². The predicted molar refractivity (Wildman–Crippen MR) is 84.1 cm³/mol. The zero-order valence-corrected chi connectivity index (χ0v) is 13.6. The Morgan fingerprint density at radius 3 is 2.61 bits per heavy atom. The van der Waals surface area contributed by atoms with E-state index >= 15 is 0 Å². The Morgan fingerprint density at radius 1 is 1.33 bits per heavy atom. The Kier molecular flexibility index (Phi) is 5.71. The molecule has 18 heavy (non-hydrogen) atoms. The minimum Gasteiger partial charge on any atom is -0.327 e. The molecule has 1 aromatic rings. The van der Waals surface area contributed by atoms with Crippen molar-refractivity contribution < 1.29 is 0 Å². The molecule has 102 valence electrons. The van der Waals surface area contributed by atoms with Crippen LogP contribution in [0.4, 0.5) is 0 Å². The first-order chi connectivity index (χ1) is 8.69. The molecule has 0 saturated heterocycles. The Balaban J connectivity index is 1.78. The third-order valence-electron chi connectivity index (χ3n) is 4.26. The molecule has 1 unspecified atom stereocenters. The van der Waals surface area contributed by atoms with Gasteiger partial charge in [-0.15, -0.1) is 11.3 Å². The van der Waals surface area contributed by atoms with Crippen LogP contribution in [0.15, 0.2) is 15.9 Å². The number of rotatable bonds is 5. The molecular weight excluding hydrogens is 306 g/mol. The van der Waals surface area contributed by atoms with E-state index in [0.717, 1.165) is 18.3 Å². The van der Waals surface area contributed by atoms with Gasteiger partial charge in [0.25, 0.3) is 0 Å². The van der Waals surface area contributed by atoms with Gasteiger partial charge in [-0.1, -0.05) is 32.6 Å². The van der Waals surface area contributed by atoms with E-state index in [1.807, 2.05) is 11.3 Å². The lowest BCUT2D eigenvalue weighted by molar-refractivity contribution is 0.233. The summed E-state index contributed by atoms with van der Waals surface area (Å²) in [6.45, 7) is 2.30. The van der Waals surface area contributed by atoms with E-state index in [0.29, 0.717) is 6.04 Å². The van der Waals surface area contributed by atoms with Crippen LogP contribution in [0.1, 0.15) is 50.3 Å². The van der Waals surface area contributed by atoms with Crippen LogP contribution in [0.3, 0.4) is 0 Å². The second kappa shape index (κ2) is 7.06. The van der Waals surface area contributed by atoms with Gasteiger partial charge < -0.3 is 5.73 Å². The first-order valence-corrected chi connectivity index (χ1v) is 8.79. The summed E-state index contributed by atoms with van der Waals surface area (Å²) in [7, 11) is 0. The van der Waals surface area contributed by atoms with Gasteiger partial charge in [-0.05, 0) is 59.2 Å². The number of thiophene rings is 1. The van der Waals surface area contributed by atoms with E-state index in [9.17, 15) is 0 Å². The quantitative estimate of drug-likeness (QED) is 0.809. The van der Waals surface area contributed by atoms with Crippen molar-refractivity contribution in [3.8, 4) is 0 Å². The largest absolute Gasteiger partial charge is 0.327 e. The van der Waals surface area contributed by atoms with Crippen molar-refractivity contribution in [1.82, 2.24) is 0 Å². The van der Waals surface area contributed by atoms with Gasteiger partial charge in [0.2, 0.25) is 0 Å². The summed E-state index contributed by atoms with van der Waals surface area (Å²) in [4.78, 5) is 1.42. The van der Waals surface area contributed by atoms with Crippen LogP contribution in [0.5, 0.6) is 0 Å². The first-order valence-electron chi connectivity index (χ1n) is 7.18. The highest BCUT2D eigenvalue weighted by Gasteiger charge is 2.25. The molecule has 0 radical (unpaired) electrons. The van der Waals surface area contributed by atoms with E-state index in [1.165, 1.54) is 47.2 Å². The molecule has 2 N–H and O–H groups in total. The normalized spacial score (nSPS) is 26.2. The summed E-state index contributed by atoms with van der Waals surface area (Å²) in [6, 6.07) is 4.69. The number of hydrogen-bond acceptors (Lipinski definition) is 2. The molecule has 0 aromatic carbocycles. The Hall–Kier alpha value is 0.140. The lowest BCUT2D eigenvalue weighted by Gasteiger charge is -2.32. The zero-order chi connectivity index (χ0) is 13.0. The fourth-order valence-electron chi connectivity index (χ4n) is 3.17. The maximum absolute atomic E-state index is 6.40. The molecule has 2 rings (SSSR count). The smallest absolute Gasteiger partial charge is 0.0701 e. The summed E-state index contributed by atoms with van der Waals surface area (Å²) in [5, 5.41) is 0. The van der Waals surface area contributed by atoms with Gasteiger partial charge in [0.1, 0.15) is 0 Å².